The lowest BCUT2D eigenvalue weighted by atomic mass is 9.81. The minimum Gasteiger partial charge on any atom is -0.504 e. The lowest BCUT2D eigenvalue weighted by Gasteiger charge is -2.46. The van der Waals surface area contributed by atoms with E-state index in [1.54, 1.807) is 0 Å². The molecule has 2 aromatic rings. The van der Waals surface area contributed by atoms with Crippen LogP contribution in [0.1, 0.15) is 50.2 Å². The van der Waals surface area contributed by atoms with Crippen LogP contribution in [-0.4, -0.2) is 149 Å². The maximum Gasteiger partial charge on any atom is 0.331 e. The van der Waals surface area contributed by atoms with Crippen molar-refractivity contribution in [2.24, 2.45) is 0 Å². The van der Waals surface area contributed by atoms with E-state index >= 15 is 0 Å². The second-order valence-corrected chi connectivity index (χ2v) is 14.1. The summed E-state index contributed by atoms with van der Waals surface area (Å²) >= 11 is 0. The van der Waals surface area contributed by atoms with Gasteiger partial charge in [0.1, 0.15) is 43.2 Å². The lowest BCUT2D eigenvalue weighted by Crippen LogP contribution is -2.65. The predicted molar refractivity (Wildman–Crippen MR) is 185 cm³/mol. The molecule has 0 unspecified atom stereocenters. The molecule has 18 nitrogen and oxygen atoms in total. The lowest BCUT2D eigenvalue weighted by molar-refractivity contribution is -0.357. The number of hydrogen-bond acceptors (Lipinski definition) is 18. The zero-order valence-electron chi connectivity index (χ0n) is 29.9. The number of carbonyl (C=O) groups excluding carboxylic acids is 2. The van der Waals surface area contributed by atoms with E-state index < -0.39 is 110 Å². The van der Waals surface area contributed by atoms with Gasteiger partial charge in [0.25, 0.3) is 0 Å². The third-order valence-corrected chi connectivity index (χ3v) is 9.86. The number of phenolic OH excluding ortho intramolecular Hbond substituents is 4. The van der Waals surface area contributed by atoms with E-state index in [4.69, 9.17) is 28.4 Å². The van der Waals surface area contributed by atoms with Crippen LogP contribution in [0.25, 0.3) is 6.08 Å². The van der Waals surface area contributed by atoms with Crippen molar-refractivity contribution in [1.29, 1.82) is 0 Å². The van der Waals surface area contributed by atoms with Gasteiger partial charge in [-0.1, -0.05) is 12.1 Å². The Hall–Kier alpha value is -4.08. The first-order chi connectivity index (χ1) is 26.0. The van der Waals surface area contributed by atoms with E-state index in [0.717, 1.165) is 6.08 Å². The van der Waals surface area contributed by atoms with Crippen LogP contribution in [0.4, 0.5) is 0 Å². The molecule has 3 fully saturated rings. The van der Waals surface area contributed by atoms with Crippen molar-refractivity contribution in [3.63, 3.8) is 0 Å². The van der Waals surface area contributed by atoms with E-state index in [-0.39, 0.29) is 55.8 Å². The maximum absolute atomic E-state index is 13.3. The van der Waals surface area contributed by atoms with E-state index in [9.17, 15) is 60.7 Å². The van der Waals surface area contributed by atoms with Crippen LogP contribution in [0.15, 0.2) is 42.5 Å². The van der Waals surface area contributed by atoms with Crippen molar-refractivity contribution >= 4 is 18.0 Å². The summed E-state index contributed by atoms with van der Waals surface area (Å²) in [6, 6.07) is 7.86. The molecule has 2 saturated heterocycles. The second kappa shape index (κ2) is 18.2. The van der Waals surface area contributed by atoms with Crippen LogP contribution in [-0.2, 0) is 44.4 Å². The minimum atomic E-state index is -1.85. The molecule has 55 heavy (non-hydrogen) atoms. The van der Waals surface area contributed by atoms with Crippen molar-refractivity contribution < 1.29 is 89.1 Å². The Balaban J connectivity index is 1.40. The summed E-state index contributed by atoms with van der Waals surface area (Å²) in [4.78, 5) is 26.3. The summed E-state index contributed by atoms with van der Waals surface area (Å²) in [5.74, 6) is -3.46. The number of hydrogen-bond donors (Lipinski definition) is 10. The number of rotatable bonds is 13. The molecule has 0 radical (unpaired) electrons. The van der Waals surface area contributed by atoms with Crippen molar-refractivity contribution in [2.45, 2.75) is 119 Å². The molecule has 2 aromatic carbocycles. The zero-order valence-corrected chi connectivity index (χ0v) is 29.9. The monoisotopic (exact) mass is 780 g/mol. The quantitative estimate of drug-likeness (QED) is 0.0702. The molecule has 1 aliphatic carbocycles. The number of phenols is 4. The van der Waals surface area contributed by atoms with Gasteiger partial charge in [0.15, 0.2) is 41.7 Å². The number of aliphatic hydroxyl groups is 6. The van der Waals surface area contributed by atoms with Gasteiger partial charge in [-0.15, -0.1) is 0 Å². The van der Waals surface area contributed by atoms with Crippen molar-refractivity contribution in [3.8, 4) is 23.0 Å². The van der Waals surface area contributed by atoms with Crippen LogP contribution in [0, 0.1) is 0 Å². The van der Waals surface area contributed by atoms with Crippen LogP contribution >= 0.6 is 0 Å². The number of benzene rings is 2. The molecule has 0 aromatic heterocycles. The minimum absolute atomic E-state index is 0.140. The van der Waals surface area contributed by atoms with Crippen molar-refractivity contribution in [3.05, 3.63) is 53.6 Å². The normalized spacial score (nSPS) is 34.0. The van der Waals surface area contributed by atoms with E-state index in [0.29, 0.717) is 5.56 Å². The summed E-state index contributed by atoms with van der Waals surface area (Å²) in [5, 5.41) is 103. The molecule has 1 saturated carbocycles. The van der Waals surface area contributed by atoms with Gasteiger partial charge < -0.3 is 79.5 Å². The number of aromatic hydroxyl groups is 4. The van der Waals surface area contributed by atoms with E-state index in [2.05, 4.69) is 0 Å². The molecule has 10 atom stereocenters. The fraction of sp³-hybridized carbons (Fsp3) is 0.568. The smallest absolute Gasteiger partial charge is 0.331 e. The Labute approximate surface area is 315 Å². The number of aliphatic hydroxyl groups excluding tert-OH is 5. The van der Waals surface area contributed by atoms with Crippen LogP contribution in [0.5, 0.6) is 23.0 Å². The van der Waals surface area contributed by atoms with Gasteiger partial charge in [-0.05, 0) is 80.5 Å². The Morgan fingerprint density at radius 2 is 1.49 bits per heavy atom. The molecule has 5 rings (SSSR count). The maximum atomic E-state index is 13.3. The predicted octanol–water partition coefficient (Wildman–Crippen LogP) is -0.409. The van der Waals surface area contributed by atoms with Gasteiger partial charge in [-0.3, -0.25) is 4.79 Å². The van der Waals surface area contributed by atoms with Crippen LogP contribution < -0.4 is 0 Å². The highest BCUT2D eigenvalue weighted by Crippen LogP contribution is 2.34. The van der Waals surface area contributed by atoms with Gasteiger partial charge in [0.05, 0.1) is 30.8 Å². The first-order valence-corrected chi connectivity index (χ1v) is 17.8. The Morgan fingerprint density at radius 1 is 0.818 bits per heavy atom. The van der Waals surface area contributed by atoms with Crippen molar-refractivity contribution in [2.75, 3.05) is 13.2 Å². The highest BCUT2D eigenvalue weighted by atomic mass is 16.7. The summed E-state index contributed by atoms with van der Waals surface area (Å²) in [6.45, 7) is 0.604. The zero-order chi connectivity index (χ0) is 40.0. The molecule has 2 heterocycles. The highest BCUT2D eigenvalue weighted by molar-refractivity contribution is 5.87. The Bertz CT molecular complexity index is 1640. The van der Waals surface area contributed by atoms with Gasteiger partial charge >= 0.3 is 11.9 Å². The first kappa shape index (κ1) is 42.1. The third-order valence-electron chi connectivity index (χ3n) is 9.86. The largest absolute Gasteiger partial charge is 0.504 e. The topological polar surface area (TPSA) is 292 Å². The molecule has 0 amide bonds. The van der Waals surface area contributed by atoms with Crippen LogP contribution in [0.2, 0.25) is 0 Å². The molecule has 304 valence electrons. The molecule has 0 bridgehead atoms. The number of carbonyl (C=O) groups is 2. The SMILES string of the molecule is C[C@@H]1O[C@@H](O[C@@H]2[C@@H](O)[C@H](OCCc3ccc(O)c(O)c3)O[C@H](COC(=O)CC3(O)CCC(O)CC3)[C@H]2OC(=O)/C=C/c2ccc(O)c(O)c2)[C@H](O)[C@H](O)[C@H]1O. The molecule has 18 heteroatoms. The standard InChI is InChI=1S/C37H48O18/c1-18-29(45)30(46)31(47)36(52-18)55-34-32(48)35(50-13-10-20-3-6-23(40)25(42)15-20)53-26(17-51-28(44)16-37(49)11-8-21(38)9-12-37)33(34)54-27(43)7-4-19-2-5-22(39)24(41)14-19/h2-7,14-15,18,21,26,29-36,38-42,45-49H,8-13,16-17H2,1H3/b7-4+/t18-,21?,26+,29-,30+,31+,32+,33+,34+,35+,36-,37?/m0/s1. The summed E-state index contributed by atoms with van der Waals surface area (Å²) in [5.41, 5.74) is -0.613. The van der Waals surface area contributed by atoms with Gasteiger partial charge in [0, 0.05) is 6.08 Å². The Morgan fingerprint density at radius 3 is 2.16 bits per heavy atom. The summed E-state index contributed by atoms with van der Waals surface area (Å²) < 4.78 is 34.6. The molecule has 0 spiro atoms. The number of ether oxygens (including phenoxy) is 6. The van der Waals surface area contributed by atoms with Gasteiger partial charge in [-0.2, -0.15) is 0 Å². The molecule has 2 aliphatic heterocycles. The average molecular weight is 781 g/mol. The molecular weight excluding hydrogens is 732 g/mol. The summed E-state index contributed by atoms with van der Waals surface area (Å²) in [7, 11) is 0. The molecule has 10 N–H and O–H groups in total. The number of esters is 2. The molecule has 3 aliphatic rings. The fourth-order valence-electron chi connectivity index (χ4n) is 6.56. The molecular formula is C37H48O18. The van der Waals surface area contributed by atoms with E-state index in [1.165, 1.54) is 49.4 Å². The van der Waals surface area contributed by atoms with Gasteiger partial charge in [-0.25, -0.2) is 4.79 Å². The van der Waals surface area contributed by atoms with Crippen LogP contribution in [0.3, 0.4) is 0 Å². The third kappa shape index (κ3) is 10.8. The van der Waals surface area contributed by atoms with E-state index in [1.807, 2.05) is 0 Å². The van der Waals surface area contributed by atoms with Crippen molar-refractivity contribution in [1.82, 2.24) is 0 Å². The fourth-order valence-corrected chi connectivity index (χ4v) is 6.56. The Kier molecular flexibility index (Phi) is 14.0. The summed E-state index contributed by atoms with van der Waals surface area (Å²) in [6.07, 6.45) is -13.9. The highest BCUT2D eigenvalue weighted by Gasteiger charge is 2.53. The van der Waals surface area contributed by atoms with Gasteiger partial charge in [0.2, 0.25) is 0 Å². The second-order valence-electron chi connectivity index (χ2n) is 14.1. The first-order valence-electron chi connectivity index (χ1n) is 17.8. The average Bonchev–Trinajstić information content (AvgIpc) is 3.14.